The Labute approximate surface area is 838 Å². The standard InChI is InChI=1S/4C18H15P.C14H12S3.C8H4S2.C6H5Br2N3S.C3H7N3.6CH3.Pd.2Sn/c4*1-4-10-16(11-5-1)19(17-12-6-2-7-13-17)18-14-8-3-9-15-18;1-9-3-5-11(15-9)13-7-8-14(17-13)12-6-4-10(2)16-12;1-3-7(9-5-1)8-4-2-6-10-8;7-5-3-4(6(8)12-5)1-2-10-11-9;1-2-3-5-6-4;;;;;;;;;/h4*1-15H;3-8H,1-2H3;1-4H;3H,1-2H2;2-3H2,1H3;6*1H3;;;. The number of hydrogen-bond acceptors (Lipinski definition) is 8. The van der Waals surface area contributed by atoms with E-state index in [4.69, 9.17) is 11.1 Å². The zero-order chi connectivity index (χ0) is 90.8. The van der Waals surface area contributed by atoms with Crippen LogP contribution in [0.1, 0.15) is 28.7 Å². The van der Waals surface area contributed by atoms with Gasteiger partial charge in [0.15, 0.2) is 0 Å². The quantitative estimate of drug-likeness (QED) is 0.0212. The van der Waals surface area contributed by atoms with E-state index in [1.807, 2.05) is 69.7 Å². The van der Waals surface area contributed by atoms with Gasteiger partial charge in [0, 0.05) is 72.6 Å². The molecule has 660 valence electrons. The minimum atomic E-state index is -1.86. The topological polar surface area (TPSA) is 97.5 Å². The van der Waals surface area contributed by atoms with Gasteiger partial charge in [0.2, 0.25) is 0 Å². The SMILES string of the molecule is CCCN=[N+]=[N-].Cc1ccc(-c2ccc(-c3ccc(C)s3)s2)s1.[CH3][Sn]([CH3])([CH3])[c]1ccc(-c2cc[c]([Sn]([CH3])([CH3])[CH3])s2)s1.[N-]=[N+]=NCCc1cc(Br)sc1Br.[Pd].c1ccc(P(c2ccccc2)c2ccccc2)cc1.c1ccc(P(c2ccccc2)c2ccccc2)cc1.c1ccc(P(c2ccccc2)c2ccccc2)cc1.c1ccc(P(c2ccccc2)c2ccccc2)cc1. The van der Waals surface area contributed by atoms with E-state index in [1.54, 1.807) is 17.1 Å². The molecule has 0 aliphatic heterocycles. The molecule has 130 heavy (non-hydrogen) atoms. The van der Waals surface area contributed by atoms with Crippen LogP contribution in [0.5, 0.6) is 0 Å². The average Bonchev–Trinajstić information content (AvgIpc) is 1.63. The summed E-state index contributed by atoms with van der Waals surface area (Å²) in [4.78, 5) is 31.5. The minimum Gasteiger partial charge on any atom is -0.121 e. The van der Waals surface area contributed by atoms with Gasteiger partial charge in [0.05, 0.1) is 7.57 Å². The number of halogens is 2. The first-order chi connectivity index (χ1) is 62.8. The summed E-state index contributed by atoms with van der Waals surface area (Å²) >= 11 is 14.4. The molecule has 21 heteroatoms. The van der Waals surface area contributed by atoms with Crippen LogP contribution < -0.4 is 69.4 Å². The van der Waals surface area contributed by atoms with E-state index in [0.717, 1.165) is 20.4 Å². The van der Waals surface area contributed by atoms with Gasteiger partial charge in [-0.25, -0.2) is 0 Å². The molecule has 0 saturated carbocycles. The molecule has 0 bridgehead atoms. The summed E-state index contributed by atoms with van der Waals surface area (Å²) in [7, 11) is -1.78. The first-order valence-corrected chi connectivity index (χ1v) is 74.4. The van der Waals surface area contributed by atoms with Gasteiger partial charge in [-0.3, -0.25) is 0 Å². The number of rotatable bonds is 22. The second kappa shape index (κ2) is 56.6. The number of nitrogens with zero attached hydrogens (tertiary/aromatic N) is 6. The Bertz CT molecular complexity index is 5360. The van der Waals surface area contributed by atoms with Crippen LogP contribution in [0.4, 0.5) is 0 Å². The van der Waals surface area contributed by atoms with Crippen molar-refractivity contribution >= 4 is 238 Å². The van der Waals surface area contributed by atoms with Crippen molar-refractivity contribution in [1.29, 1.82) is 0 Å². The maximum Gasteiger partial charge on any atom is 0.0742 e. The van der Waals surface area contributed by atoms with E-state index in [-0.39, 0.29) is 20.4 Å². The molecule has 6 aromatic heterocycles. The molecule has 18 aromatic rings. The van der Waals surface area contributed by atoms with Gasteiger partial charge in [-0.1, -0.05) is 388 Å². The molecule has 6 heterocycles. The molecular formula is C109H106Br2N6P4PdS6Sn2. The molecule has 12 aromatic carbocycles. The molecule has 0 spiro atoms. The monoisotopic (exact) mass is 2320 g/mol. The zero-order valence-corrected chi connectivity index (χ0v) is 93.2. The molecule has 0 aliphatic carbocycles. The third-order valence-electron chi connectivity index (χ3n) is 19.3. The van der Waals surface area contributed by atoms with Crippen LogP contribution in [-0.2, 0) is 26.8 Å². The van der Waals surface area contributed by atoms with Gasteiger partial charge < -0.3 is 0 Å². The third kappa shape index (κ3) is 33.8. The normalized spacial score (nSPS) is 10.6. The molecule has 0 radical (unpaired) electrons. The molecule has 0 atom stereocenters. The smallest absolute Gasteiger partial charge is 0.0742 e. The molecular weight excluding hydrogens is 2210 g/mol. The van der Waals surface area contributed by atoms with Crippen LogP contribution in [0.25, 0.3) is 50.1 Å². The first-order valence-electron chi connectivity index (χ1n) is 42.6. The Morgan fingerprint density at radius 3 is 0.638 bits per heavy atom. The van der Waals surface area contributed by atoms with E-state index in [1.165, 1.54) is 108 Å². The molecule has 0 N–H and O–H groups in total. The maximum atomic E-state index is 8.06. The fourth-order valence-electron chi connectivity index (χ4n) is 13.1. The second-order valence-corrected chi connectivity index (χ2v) is 80.5. The molecule has 0 saturated heterocycles. The predicted molar refractivity (Wildman–Crippen MR) is 596 cm³/mol. The van der Waals surface area contributed by atoms with Crippen LogP contribution >= 0.6 is 132 Å². The molecule has 18 rings (SSSR count). The number of thiophene rings is 6. The third-order valence-corrected chi connectivity index (χ3v) is 56.4. The van der Waals surface area contributed by atoms with Gasteiger partial charge in [-0.05, 0) is 207 Å². The van der Waals surface area contributed by atoms with Crippen molar-refractivity contribution in [3.63, 3.8) is 0 Å². The van der Waals surface area contributed by atoms with Gasteiger partial charge >= 0.3 is 129 Å². The van der Waals surface area contributed by atoms with Crippen molar-refractivity contribution in [2.24, 2.45) is 10.2 Å². The maximum absolute atomic E-state index is 8.06. The van der Waals surface area contributed by atoms with Crippen LogP contribution in [0.2, 0.25) is 29.6 Å². The Balaban J connectivity index is 0.000000156. The fraction of sp³-hybridized carbons (Fsp3) is 0.119. The van der Waals surface area contributed by atoms with Crippen LogP contribution in [0.15, 0.2) is 449 Å². The minimum absolute atomic E-state index is 0. The molecule has 0 fully saturated rings. The van der Waals surface area contributed by atoms with Crippen molar-refractivity contribution in [1.82, 2.24) is 0 Å². The summed E-state index contributed by atoms with van der Waals surface area (Å²) in [5.74, 6) is 0. The summed E-state index contributed by atoms with van der Waals surface area (Å²) in [6, 6.07) is 154. The van der Waals surface area contributed by atoms with Crippen molar-refractivity contribution in [3.05, 3.63) is 474 Å². The van der Waals surface area contributed by atoms with Crippen LogP contribution in [0, 0.1) is 13.8 Å². The largest absolute Gasteiger partial charge is 0.121 e. The molecule has 6 nitrogen and oxygen atoms in total. The van der Waals surface area contributed by atoms with Crippen molar-refractivity contribution < 1.29 is 20.4 Å². The van der Waals surface area contributed by atoms with Crippen molar-refractivity contribution in [2.45, 2.75) is 63.3 Å². The Hall–Kier alpha value is -7.60. The predicted octanol–water partition coefficient (Wildman–Crippen LogP) is 30.0. The summed E-state index contributed by atoms with van der Waals surface area (Å²) in [5, 5.41) is 23.5. The van der Waals surface area contributed by atoms with Crippen molar-refractivity contribution in [3.8, 4) is 29.3 Å². The second-order valence-electron chi connectivity index (χ2n) is 31.2. The van der Waals surface area contributed by atoms with E-state index < -0.39 is 68.4 Å². The van der Waals surface area contributed by atoms with Crippen LogP contribution in [0.3, 0.4) is 0 Å². The van der Waals surface area contributed by atoms with Gasteiger partial charge in [0.25, 0.3) is 0 Å². The Kier molecular flexibility index (Phi) is 45.5. The molecule has 0 aliphatic rings. The summed E-state index contributed by atoms with van der Waals surface area (Å²) in [6.07, 6.45) is 1.72. The fourth-order valence-corrected chi connectivity index (χ4v) is 40.8. The van der Waals surface area contributed by atoms with Gasteiger partial charge in [-0.15, -0.1) is 45.3 Å². The first kappa shape index (κ1) is 104. The summed E-state index contributed by atoms with van der Waals surface area (Å²) < 4.78 is 5.56. The number of aryl methyl sites for hydroxylation is 2. The van der Waals surface area contributed by atoms with Gasteiger partial charge in [-0.2, -0.15) is 0 Å². The average molecular weight is 2320 g/mol. The number of hydrogen-bond donors (Lipinski definition) is 0. The Morgan fingerprint density at radius 1 is 0.269 bits per heavy atom. The zero-order valence-electron chi connectivity index (χ0n) is 74.3. The Morgan fingerprint density at radius 2 is 0.469 bits per heavy atom. The van der Waals surface area contributed by atoms with Crippen molar-refractivity contribution in [2.75, 3.05) is 13.1 Å². The molecule has 0 amide bonds. The molecule has 0 unspecified atom stereocenters. The van der Waals surface area contributed by atoms with E-state index in [2.05, 4.69) is 520 Å². The van der Waals surface area contributed by atoms with Gasteiger partial charge in [0.1, 0.15) is 0 Å². The van der Waals surface area contributed by atoms with Crippen LogP contribution in [-0.4, -0.2) is 49.8 Å². The summed E-state index contributed by atoms with van der Waals surface area (Å²) in [5.41, 5.74) is 16.9. The van der Waals surface area contributed by atoms with E-state index in [9.17, 15) is 0 Å². The number of azide groups is 2. The van der Waals surface area contributed by atoms with E-state index >= 15 is 0 Å². The summed E-state index contributed by atoms with van der Waals surface area (Å²) in [6.45, 7) is 7.42. The number of benzene rings is 12. The van der Waals surface area contributed by atoms with E-state index in [0.29, 0.717) is 13.1 Å².